The maximum atomic E-state index is 13.6. The van der Waals surface area contributed by atoms with Crippen LogP contribution in [0.4, 0.5) is 0 Å². The van der Waals surface area contributed by atoms with E-state index in [1.165, 1.54) is 0 Å². The lowest BCUT2D eigenvalue weighted by molar-refractivity contribution is -0.378. The molecule has 260 valence electrons. The first-order chi connectivity index (χ1) is 21.7. The topological polar surface area (TPSA) is 172 Å². The monoisotopic (exact) mass is 646 g/mol. The fraction of sp³-hybridized carbons (Fsp3) is 0.706. The molecular weight excluding hydrogens is 586 g/mol. The van der Waals surface area contributed by atoms with Gasteiger partial charge in [0.1, 0.15) is 18.1 Å². The molecule has 0 spiro atoms. The summed E-state index contributed by atoms with van der Waals surface area (Å²) in [6, 6.07) is 0.107. The number of carbonyl (C=O) groups excluding carboxylic acids is 5. The van der Waals surface area contributed by atoms with Crippen LogP contribution in [0.1, 0.15) is 105 Å². The van der Waals surface area contributed by atoms with Crippen LogP contribution in [0.3, 0.4) is 0 Å². The molecular formula is C34H60N7O5+. The van der Waals surface area contributed by atoms with E-state index in [2.05, 4.69) is 36.9 Å². The van der Waals surface area contributed by atoms with Gasteiger partial charge in [0.2, 0.25) is 23.6 Å². The molecule has 1 rings (SSSR count). The highest BCUT2D eigenvalue weighted by Crippen LogP contribution is 2.12. The van der Waals surface area contributed by atoms with Gasteiger partial charge in [-0.3, -0.25) is 24.0 Å². The third-order valence-corrected chi connectivity index (χ3v) is 7.83. The zero-order valence-corrected chi connectivity index (χ0v) is 29.4. The number of pyridine rings is 1. The fourth-order valence-corrected chi connectivity index (χ4v) is 5.06. The molecule has 46 heavy (non-hydrogen) atoms. The Hall–Kier alpha value is -3.54. The van der Waals surface area contributed by atoms with Crippen molar-refractivity contribution in [2.24, 2.45) is 17.8 Å². The summed E-state index contributed by atoms with van der Waals surface area (Å²) in [5, 5.41) is 17.7. The number of hydrogen-bond acceptors (Lipinski definition) is 6. The Morgan fingerprint density at radius 3 is 1.87 bits per heavy atom. The highest BCUT2D eigenvalue weighted by atomic mass is 16.2. The van der Waals surface area contributed by atoms with Crippen LogP contribution >= 0.6 is 0 Å². The van der Waals surface area contributed by atoms with Gasteiger partial charge in [0.25, 0.3) is 5.91 Å². The lowest BCUT2D eigenvalue weighted by Gasteiger charge is -2.29. The van der Waals surface area contributed by atoms with E-state index >= 15 is 0 Å². The van der Waals surface area contributed by atoms with Gasteiger partial charge in [-0.25, -0.2) is 4.98 Å². The standard InChI is InChI=1S/C34H59N7O5/c1-10-13-27(39-34(46)29(23(8)11-2)41-31(43)25-14-16-35-17-15-25)33(45)38-26(18-21(4)5)20-37-24(9)30(42)40-28(19-22(6)7)32(44)36-12-3/h14-17,21-24,26-29,37H,10-13,18-20H2,1-9H3,(H,36,44)(H,38,45)(H,39,46)(H,40,42)(H,41,43)/p+1/t23-,24-,26-,27-,28-,29-/m0/s1. The second-order valence-corrected chi connectivity index (χ2v) is 13.0. The maximum Gasteiger partial charge on any atom is 0.252 e. The minimum atomic E-state index is -0.819. The molecule has 12 nitrogen and oxygen atoms in total. The van der Waals surface area contributed by atoms with Crippen molar-refractivity contribution in [3.05, 3.63) is 30.1 Å². The van der Waals surface area contributed by atoms with E-state index in [1.807, 2.05) is 55.4 Å². The lowest BCUT2D eigenvalue weighted by Crippen LogP contribution is -2.58. The average Bonchev–Trinajstić information content (AvgIpc) is 3.01. The molecule has 0 aliphatic rings. The van der Waals surface area contributed by atoms with Crippen LogP contribution in [0.25, 0.3) is 0 Å². The van der Waals surface area contributed by atoms with Crippen LogP contribution in [0.15, 0.2) is 24.5 Å². The predicted molar refractivity (Wildman–Crippen MR) is 179 cm³/mol. The first kappa shape index (κ1) is 40.5. The van der Waals surface area contributed by atoms with Gasteiger partial charge in [-0.2, -0.15) is 0 Å². The van der Waals surface area contributed by atoms with Crippen molar-refractivity contribution in [3.63, 3.8) is 0 Å². The summed E-state index contributed by atoms with van der Waals surface area (Å²) >= 11 is 0. The molecule has 1 aromatic heterocycles. The molecule has 0 saturated heterocycles. The van der Waals surface area contributed by atoms with Crippen LogP contribution < -0.4 is 36.9 Å². The number of aromatic amines is 1. The van der Waals surface area contributed by atoms with Gasteiger partial charge in [0, 0.05) is 31.3 Å². The van der Waals surface area contributed by atoms with Gasteiger partial charge >= 0.3 is 0 Å². The third kappa shape index (κ3) is 14.7. The molecule has 1 aromatic rings. The zero-order chi connectivity index (χ0) is 34.8. The van der Waals surface area contributed by atoms with Crippen molar-refractivity contribution in [3.8, 4) is 0 Å². The molecule has 0 bridgehead atoms. The molecule has 0 aliphatic heterocycles. The molecule has 1 heterocycles. The van der Waals surface area contributed by atoms with E-state index < -0.39 is 30.1 Å². The second kappa shape index (κ2) is 21.3. The number of hydrogen-bond donors (Lipinski definition) is 6. The van der Waals surface area contributed by atoms with E-state index in [-0.39, 0.29) is 47.4 Å². The van der Waals surface area contributed by atoms with Gasteiger partial charge in [-0.15, -0.1) is 0 Å². The van der Waals surface area contributed by atoms with E-state index in [1.54, 1.807) is 31.5 Å². The summed E-state index contributed by atoms with van der Waals surface area (Å²) in [5.41, 5.74) is 0.425. The Morgan fingerprint density at radius 2 is 1.33 bits per heavy atom. The van der Waals surface area contributed by atoms with Crippen molar-refractivity contribution in [1.29, 1.82) is 0 Å². The SMILES string of the molecule is CCC[C@H](NC(=O)[C@@H](NC(=O)c1cc[nH+]cc1)[C@@H](C)CC)C(=O)N[C@H](CN[C@@H](C)C(=O)N[C@@H](CC(C)C)C(=O)NCC)CC(C)C. The Balaban J connectivity index is 2.96. The van der Waals surface area contributed by atoms with E-state index in [0.29, 0.717) is 50.8 Å². The van der Waals surface area contributed by atoms with E-state index in [0.717, 1.165) is 0 Å². The molecule has 5 amide bonds. The highest BCUT2D eigenvalue weighted by Gasteiger charge is 2.31. The van der Waals surface area contributed by atoms with Crippen LogP contribution in [-0.2, 0) is 19.2 Å². The molecule has 0 radical (unpaired) electrons. The Morgan fingerprint density at radius 1 is 0.717 bits per heavy atom. The van der Waals surface area contributed by atoms with E-state index in [4.69, 9.17) is 0 Å². The number of rotatable bonds is 21. The molecule has 0 unspecified atom stereocenters. The smallest absolute Gasteiger partial charge is 0.252 e. The van der Waals surface area contributed by atoms with Crippen LogP contribution in [-0.4, -0.2) is 72.8 Å². The summed E-state index contributed by atoms with van der Waals surface area (Å²) < 4.78 is 0. The van der Waals surface area contributed by atoms with Crippen molar-refractivity contribution >= 4 is 29.5 Å². The minimum Gasteiger partial charge on any atom is -0.355 e. The van der Waals surface area contributed by atoms with Crippen molar-refractivity contribution in [1.82, 2.24) is 31.9 Å². The average molecular weight is 647 g/mol. The van der Waals surface area contributed by atoms with Gasteiger partial charge in [-0.1, -0.05) is 61.3 Å². The van der Waals surface area contributed by atoms with Crippen LogP contribution in [0, 0.1) is 17.8 Å². The van der Waals surface area contributed by atoms with Crippen molar-refractivity contribution < 1.29 is 29.0 Å². The number of H-pyrrole nitrogens is 1. The van der Waals surface area contributed by atoms with Gasteiger partial charge < -0.3 is 31.9 Å². The highest BCUT2D eigenvalue weighted by molar-refractivity contribution is 5.98. The molecule has 0 saturated carbocycles. The maximum absolute atomic E-state index is 13.6. The molecule has 0 aliphatic carbocycles. The Bertz CT molecular complexity index is 1100. The first-order valence-electron chi connectivity index (χ1n) is 16.9. The van der Waals surface area contributed by atoms with Crippen molar-refractivity contribution in [2.45, 2.75) is 125 Å². The van der Waals surface area contributed by atoms with E-state index in [9.17, 15) is 24.0 Å². The first-order valence-corrected chi connectivity index (χ1v) is 16.9. The molecule has 0 aromatic carbocycles. The van der Waals surface area contributed by atoms with Crippen molar-refractivity contribution in [2.75, 3.05) is 13.1 Å². The quantitative estimate of drug-likeness (QED) is 0.119. The van der Waals surface area contributed by atoms with Crippen LogP contribution in [0.5, 0.6) is 0 Å². The fourth-order valence-electron chi connectivity index (χ4n) is 5.06. The predicted octanol–water partition coefficient (Wildman–Crippen LogP) is 2.11. The third-order valence-electron chi connectivity index (χ3n) is 7.83. The normalized spacial score (nSPS) is 15.2. The largest absolute Gasteiger partial charge is 0.355 e. The molecule has 0 fully saturated rings. The molecule has 6 atom stereocenters. The Kier molecular flexibility index (Phi) is 18.7. The minimum absolute atomic E-state index is 0.164. The summed E-state index contributed by atoms with van der Waals surface area (Å²) in [6.45, 7) is 18.2. The number of aromatic nitrogens is 1. The number of likely N-dealkylation sites (N-methyl/N-ethyl adjacent to an activating group) is 1. The number of nitrogens with one attached hydrogen (secondary N) is 7. The number of amides is 5. The summed E-state index contributed by atoms with van der Waals surface area (Å²) in [5.74, 6) is -1.29. The Labute approximate surface area is 275 Å². The molecule has 7 N–H and O–H groups in total. The van der Waals surface area contributed by atoms with Crippen LogP contribution in [0.2, 0.25) is 0 Å². The van der Waals surface area contributed by atoms with Gasteiger partial charge in [0.05, 0.1) is 11.6 Å². The number of carbonyl (C=O) groups is 5. The second-order valence-electron chi connectivity index (χ2n) is 13.0. The summed E-state index contributed by atoms with van der Waals surface area (Å²) in [7, 11) is 0. The molecule has 12 heteroatoms. The lowest BCUT2D eigenvalue weighted by atomic mass is 9.97. The summed E-state index contributed by atoms with van der Waals surface area (Å²) in [6.07, 6.45) is 6.18. The summed E-state index contributed by atoms with van der Waals surface area (Å²) in [4.78, 5) is 68.3. The van der Waals surface area contributed by atoms with Gasteiger partial charge in [0.15, 0.2) is 12.4 Å². The van der Waals surface area contributed by atoms with Gasteiger partial charge in [-0.05, 0) is 50.9 Å². The zero-order valence-electron chi connectivity index (χ0n) is 29.4.